The van der Waals surface area contributed by atoms with Crippen molar-refractivity contribution in [2.45, 2.75) is 6.92 Å². The van der Waals surface area contributed by atoms with Crippen molar-refractivity contribution in [3.05, 3.63) is 79.5 Å². The summed E-state index contributed by atoms with van der Waals surface area (Å²) in [6, 6.07) is 8.78. The molecule has 1 heterocycles. The number of ketones is 2. The summed E-state index contributed by atoms with van der Waals surface area (Å²) in [6.45, 7) is 1.78. The molecule has 1 N–H and O–H groups in total. The molecule has 0 saturated carbocycles. The fourth-order valence-corrected chi connectivity index (χ4v) is 2.72. The van der Waals surface area contributed by atoms with Gasteiger partial charge in [0, 0.05) is 16.1 Å². The average Bonchev–Trinajstić information content (AvgIpc) is 3.00. The highest BCUT2D eigenvalue weighted by molar-refractivity contribution is 6.42. The summed E-state index contributed by atoms with van der Waals surface area (Å²) in [4.78, 5) is 25.5. The Morgan fingerprint density at radius 1 is 0.962 bits per heavy atom. The average molecular weight is 413 g/mol. The van der Waals surface area contributed by atoms with Crippen LogP contribution in [-0.4, -0.2) is 21.9 Å². The molecule has 1 aromatic heterocycles. The van der Waals surface area contributed by atoms with Crippen molar-refractivity contribution in [2.24, 2.45) is 0 Å². The number of aryl methyl sites for hydroxylation is 1. The van der Waals surface area contributed by atoms with Crippen LogP contribution in [0.15, 0.2) is 41.0 Å². The molecule has 0 aliphatic heterocycles. The van der Waals surface area contributed by atoms with Crippen LogP contribution in [-0.2, 0) is 0 Å². The Morgan fingerprint density at radius 2 is 1.58 bits per heavy atom. The lowest BCUT2D eigenvalue weighted by Gasteiger charge is -2.01. The van der Waals surface area contributed by atoms with Crippen molar-refractivity contribution >= 4 is 46.4 Å². The van der Waals surface area contributed by atoms with Crippen LogP contribution in [0.3, 0.4) is 0 Å². The molecule has 9 heteroatoms. The van der Waals surface area contributed by atoms with Crippen LogP contribution in [0.2, 0.25) is 15.1 Å². The van der Waals surface area contributed by atoms with Gasteiger partial charge in [0.05, 0.1) is 10.0 Å². The monoisotopic (exact) mass is 411 g/mol. The molecule has 0 amide bonds. The fourth-order valence-electron chi connectivity index (χ4n) is 2.24. The van der Waals surface area contributed by atoms with Crippen LogP contribution in [0.1, 0.15) is 37.7 Å². The molecule has 26 heavy (non-hydrogen) atoms. The first-order chi connectivity index (χ1) is 12.3. The highest BCUT2D eigenvalue weighted by atomic mass is 35.5. The summed E-state index contributed by atoms with van der Waals surface area (Å²) in [5.41, 5.74) is 0.269. The van der Waals surface area contributed by atoms with Gasteiger partial charge in [-0.25, -0.2) is 0 Å². The van der Waals surface area contributed by atoms with Crippen LogP contribution >= 0.6 is 34.8 Å². The third kappa shape index (κ3) is 3.31. The van der Waals surface area contributed by atoms with E-state index in [0.717, 1.165) is 5.56 Å². The predicted octanol–water partition coefficient (Wildman–Crippen LogP) is 3.93. The normalized spacial score (nSPS) is 10.8. The Hall–Kier alpha value is -2.41. The molecule has 0 bridgehead atoms. The number of nitrogens with zero attached hydrogens (tertiary/aromatic N) is 2. The number of aromatic nitrogens is 2. The van der Waals surface area contributed by atoms with Crippen molar-refractivity contribution in [3.8, 4) is 0 Å². The molecule has 6 nitrogen and oxygen atoms in total. The molecule has 3 rings (SSSR count). The summed E-state index contributed by atoms with van der Waals surface area (Å²) in [5, 5.41) is 14.1. The summed E-state index contributed by atoms with van der Waals surface area (Å²) in [5.74, 6) is -1.35. The minimum atomic E-state index is -0.681. The smallest absolute Gasteiger partial charge is 0.316 e. The standard InChI is InChI=1S/C17H10Cl3N2O4/c1-8-2-3-10(6-12(8)19)17(24)15-14(21-26-22(15)25)16(23)9-4-5-11(18)13(20)7-9/h2-7,25H,1H3/q+1. The van der Waals surface area contributed by atoms with Gasteiger partial charge in [0.2, 0.25) is 11.6 Å². The second kappa shape index (κ2) is 7.07. The number of carbonyl (C=O) groups is 2. The number of carbonyl (C=O) groups excluding carboxylic acids is 2. The fraction of sp³-hybridized carbons (Fsp3) is 0.0588. The molecule has 0 spiro atoms. The van der Waals surface area contributed by atoms with Crippen LogP contribution in [0, 0.1) is 6.92 Å². The summed E-state index contributed by atoms with van der Waals surface area (Å²) in [6.07, 6.45) is 0. The molecular formula is C17H10Cl3N2O4+. The van der Waals surface area contributed by atoms with Gasteiger partial charge in [-0.05, 0) is 41.4 Å². The highest BCUT2D eigenvalue weighted by Gasteiger charge is 2.37. The van der Waals surface area contributed by atoms with Gasteiger partial charge in [0.15, 0.2) is 5.16 Å². The number of halogens is 3. The lowest BCUT2D eigenvalue weighted by molar-refractivity contribution is -1.04. The third-order valence-corrected chi connectivity index (χ3v) is 4.82. The molecule has 0 atom stereocenters. The summed E-state index contributed by atoms with van der Waals surface area (Å²) >= 11 is 17.8. The summed E-state index contributed by atoms with van der Waals surface area (Å²) < 4.78 is 4.58. The second-order valence-corrected chi connectivity index (χ2v) is 6.62. The van der Waals surface area contributed by atoms with Crippen molar-refractivity contribution < 1.29 is 24.3 Å². The van der Waals surface area contributed by atoms with Crippen molar-refractivity contribution in [2.75, 3.05) is 0 Å². The first-order valence-electron chi connectivity index (χ1n) is 7.21. The van der Waals surface area contributed by atoms with E-state index in [0.29, 0.717) is 5.02 Å². The molecule has 0 unspecified atom stereocenters. The van der Waals surface area contributed by atoms with Gasteiger partial charge >= 0.3 is 11.4 Å². The van der Waals surface area contributed by atoms with E-state index in [1.165, 1.54) is 30.3 Å². The SMILES string of the molecule is Cc1ccc(C(=O)c2c(C(=O)c3ccc(Cl)c(Cl)c3)no[n+]2O)cc1Cl. The second-order valence-electron chi connectivity index (χ2n) is 5.39. The maximum Gasteiger partial charge on any atom is 0.330 e. The zero-order valence-electron chi connectivity index (χ0n) is 13.2. The largest absolute Gasteiger partial charge is 0.330 e. The number of hydrogen-bond acceptors (Lipinski definition) is 5. The molecule has 0 aliphatic carbocycles. The maximum absolute atomic E-state index is 12.7. The third-order valence-electron chi connectivity index (χ3n) is 3.67. The number of rotatable bonds is 4. The zero-order valence-corrected chi connectivity index (χ0v) is 15.4. The number of benzene rings is 2. The van der Waals surface area contributed by atoms with E-state index in [1.54, 1.807) is 13.0 Å². The minimum absolute atomic E-state index is 0.129. The quantitative estimate of drug-likeness (QED) is 0.518. The van der Waals surface area contributed by atoms with Gasteiger partial charge in [-0.3, -0.25) is 9.59 Å². The van der Waals surface area contributed by atoms with Crippen molar-refractivity contribution in [1.29, 1.82) is 0 Å². The molecule has 0 radical (unpaired) electrons. The topological polar surface area (TPSA) is 84.3 Å². The van der Waals surface area contributed by atoms with E-state index in [2.05, 4.69) is 9.79 Å². The van der Waals surface area contributed by atoms with Crippen LogP contribution < -0.4 is 4.90 Å². The van der Waals surface area contributed by atoms with Gasteiger partial charge in [0.1, 0.15) is 4.90 Å². The van der Waals surface area contributed by atoms with Crippen LogP contribution in [0.25, 0.3) is 0 Å². The van der Waals surface area contributed by atoms with Gasteiger partial charge < -0.3 is 5.21 Å². The van der Waals surface area contributed by atoms with Gasteiger partial charge in [-0.1, -0.05) is 46.9 Å². The van der Waals surface area contributed by atoms with E-state index in [-0.39, 0.29) is 31.8 Å². The van der Waals surface area contributed by atoms with E-state index < -0.39 is 17.3 Å². The van der Waals surface area contributed by atoms with E-state index >= 15 is 0 Å². The Kier molecular flexibility index (Phi) is 5.00. The first kappa shape index (κ1) is 18.4. The highest BCUT2D eigenvalue weighted by Crippen LogP contribution is 2.25. The van der Waals surface area contributed by atoms with Crippen molar-refractivity contribution in [3.63, 3.8) is 0 Å². The Bertz CT molecular complexity index is 1050. The molecule has 132 valence electrons. The van der Waals surface area contributed by atoms with Gasteiger partial charge in [-0.15, -0.1) is 0 Å². The predicted molar refractivity (Wildman–Crippen MR) is 93.4 cm³/mol. The summed E-state index contributed by atoms with van der Waals surface area (Å²) in [7, 11) is 0. The lowest BCUT2D eigenvalue weighted by atomic mass is 10.0. The lowest BCUT2D eigenvalue weighted by Crippen LogP contribution is -2.36. The van der Waals surface area contributed by atoms with Gasteiger partial charge in [-0.2, -0.15) is 0 Å². The van der Waals surface area contributed by atoms with E-state index in [4.69, 9.17) is 34.8 Å². The molecule has 0 saturated heterocycles. The van der Waals surface area contributed by atoms with E-state index in [9.17, 15) is 14.8 Å². The molecular weight excluding hydrogens is 403 g/mol. The Morgan fingerprint density at radius 3 is 2.23 bits per heavy atom. The zero-order chi connectivity index (χ0) is 19.0. The van der Waals surface area contributed by atoms with Gasteiger partial charge in [0.25, 0.3) is 0 Å². The van der Waals surface area contributed by atoms with Crippen LogP contribution in [0.4, 0.5) is 0 Å². The molecule has 0 aliphatic rings. The maximum atomic E-state index is 12.7. The van der Waals surface area contributed by atoms with Crippen molar-refractivity contribution in [1.82, 2.24) is 5.16 Å². The Balaban J connectivity index is 2.05. The molecule has 0 fully saturated rings. The minimum Gasteiger partial charge on any atom is -0.316 e. The van der Waals surface area contributed by atoms with Crippen LogP contribution in [0.5, 0.6) is 0 Å². The molecule has 2 aromatic carbocycles. The Labute approximate surface area is 162 Å². The number of hydrogen-bond donors (Lipinski definition) is 1. The molecule has 3 aromatic rings. The van der Waals surface area contributed by atoms with E-state index in [1.807, 2.05) is 0 Å². The first-order valence-corrected chi connectivity index (χ1v) is 8.35.